The van der Waals surface area contributed by atoms with E-state index in [1.54, 1.807) is 13.8 Å². The maximum Gasteiger partial charge on any atom is 0.356 e. The molecule has 0 bridgehead atoms. The van der Waals surface area contributed by atoms with Gasteiger partial charge < -0.3 is 5.11 Å². The molecule has 1 N–H and O–H groups in total. The van der Waals surface area contributed by atoms with Gasteiger partial charge in [0.05, 0.1) is 5.02 Å². The van der Waals surface area contributed by atoms with Crippen molar-refractivity contribution in [2.45, 2.75) is 13.8 Å². The van der Waals surface area contributed by atoms with Crippen molar-refractivity contribution in [3.63, 3.8) is 0 Å². The van der Waals surface area contributed by atoms with E-state index in [2.05, 4.69) is 4.98 Å². The van der Waals surface area contributed by atoms with Gasteiger partial charge in [0.1, 0.15) is 5.15 Å². The van der Waals surface area contributed by atoms with Crippen LogP contribution in [0.4, 0.5) is 0 Å². The van der Waals surface area contributed by atoms with Gasteiger partial charge in [-0.05, 0) is 25.0 Å². The lowest BCUT2D eigenvalue weighted by atomic mass is 10.1. The van der Waals surface area contributed by atoms with Crippen LogP contribution in [0.5, 0.6) is 0 Å². The van der Waals surface area contributed by atoms with Gasteiger partial charge in [-0.15, -0.1) is 0 Å². The Hall–Kier alpha value is -0.800. The molecule has 0 aromatic carbocycles. The van der Waals surface area contributed by atoms with E-state index >= 15 is 0 Å². The van der Waals surface area contributed by atoms with E-state index in [0.29, 0.717) is 11.1 Å². The van der Waals surface area contributed by atoms with Crippen LogP contribution in [-0.2, 0) is 0 Å². The Bertz CT molecular complexity index is 377. The average molecular weight is 220 g/mol. The summed E-state index contributed by atoms with van der Waals surface area (Å²) in [5.74, 6) is -1.17. The molecule has 5 heteroatoms. The van der Waals surface area contributed by atoms with Crippen LogP contribution in [0.25, 0.3) is 0 Å². The van der Waals surface area contributed by atoms with E-state index in [1.165, 1.54) is 0 Å². The summed E-state index contributed by atoms with van der Waals surface area (Å²) in [4.78, 5) is 14.3. The van der Waals surface area contributed by atoms with Crippen molar-refractivity contribution >= 4 is 29.2 Å². The van der Waals surface area contributed by atoms with E-state index in [9.17, 15) is 4.79 Å². The maximum atomic E-state index is 10.6. The molecule has 1 rings (SSSR count). The molecule has 0 unspecified atom stereocenters. The zero-order chi connectivity index (χ0) is 10.2. The van der Waals surface area contributed by atoms with Gasteiger partial charge >= 0.3 is 5.97 Å². The number of hydrogen-bond acceptors (Lipinski definition) is 2. The summed E-state index contributed by atoms with van der Waals surface area (Å²) in [6.07, 6.45) is 0. The highest BCUT2D eigenvalue weighted by Crippen LogP contribution is 2.26. The quantitative estimate of drug-likeness (QED) is 0.740. The molecule has 0 fully saturated rings. The van der Waals surface area contributed by atoms with Crippen LogP contribution in [0.15, 0.2) is 0 Å². The Morgan fingerprint density at radius 2 is 1.85 bits per heavy atom. The molecule has 0 atom stereocenters. The summed E-state index contributed by atoms with van der Waals surface area (Å²) >= 11 is 11.5. The van der Waals surface area contributed by atoms with Gasteiger partial charge in [0, 0.05) is 0 Å². The first-order chi connectivity index (χ1) is 5.95. The van der Waals surface area contributed by atoms with Crippen molar-refractivity contribution in [2.24, 2.45) is 0 Å². The summed E-state index contributed by atoms with van der Waals surface area (Å²) in [6.45, 7) is 3.44. The average Bonchev–Trinajstić information content (AvgIpc) is 2.07. The first-order valence-corrected chi connectivity index (χ1v) is 4.26. The van der Waals surface area contributed by atoms with Gasteiger partial charge in [-0.25, -0.2) is 9.78 Å². The van der Waals surface area contributed by atoms with Crippen molar-refractivity contribution in [1.82, 2.24) is 4.98 Å². The molecule has 0 saturated heterocycles. The lowest BCUT2D eigenvalue weighted by Crippen LogP contribution is -2.04. The maximum absolute atomic E-state index is 10.6. The van der Waals surface area contributed by atoms with E-state index in [4.69, 9.17) is 28.3 Å². The molecule has 0 radical (unpaired) electrons. The first-order valence-electron chi connectivity index (χ1n) is 3.50. The Morgan fingerprint density at radius 1 is 1.31 bits per heavy atom. The highest BCUT2D eigenvalue weighted by atomic mass is 35.5. The third kappa shape index (κ3) is 1.76. The number of aromatic carboxylic acids is 1. The fourth-order valence-corrected chi connectivity index (χ4v) is 1.36. The van der Waals surface area contributed by atoms with Gasteiger partial charge in [-0.2, -0.15) is 0 Å². The van der Waals surface area contributed by atoms with Gasteiger partial charge in [-0.3, -0.25) is 0 Å². The zero-order valence-corrected chi connectivity index (χ0v) is 8.57. The molecular weight excluding hydrogens is 213 g/mol. The second-order valence-electron chi connectivity index (χ2n) is 2.62. The Balaban J connectivity index is 3.50. The van der Waals surface area contributed by atoms with Crippen LogP contribution in [-0.4, -0.2) is 16.1 Å². The van der Waals surface area contributed by atoms with Crippen molar-refractivity contribution in [3.8, 4) is 0 Å². The molecular formula is C8H7Cl2NO2. The van der Waals surface area contributed by atoms with Crippen molar-refractivity contribution in [3.05, 3.63) is 27.0 Å². The fourth-order valence-electron chi connectivity index (χ4n) is 0.870. The number of pyridine rings is 1. The van der Waals surface area contributed by atoms with Crippen LogP contribution < -0.4 is 0 Å². The van der Waals surface area contributed by atoms with Gasteiger partial charge in [0.25, 0.3) is 0 Å². The van der Waals surface area contributed by atoms with Gasteiger partial charge in [0.15, 0.2) is 5.69 Å². The van der Waals surface area contributed by atoms with Crippen LogP contribution >= 0.6 is 23.2 Å². The molecule has 0 aliphatic heterocycles. The second kappa shape index (κ2) is 3.52. The van der Waals surface area contributed by atoms with Crippen LogP contribution in [0, 0.1) is 13.8 Å². The number of aromatic nitrogens is 1. The van der Waals surface area contributed by atoms with Crippen LogP contribution in [0.1, 0.15) is 21.6 Å². The predicted octanol–water partition coefficient (Wildman–Crippen LogP) is 2.70. The Kier molecular flexibility index (Phi) is 2.78. The Morgan fingerprint density at radius 3 is 2.31 bits per heavy atom. The summed E-state index contributed by atoms with van der Waals surface area (Å²) in [7, 11) is 0. The summed E-state index contributed by atoms with van der Waals surface area (Å²) < 4.78 is 0. The molecule has 0 aliphatic rings. The molecule has 70 valence electrons. The summed E-state index contributed by atoms with van der Waals surface area (Å²) in [5, 5.41) is 9.03. The van der Waals surface area contributed by atoms with E-state index in [0.717, 1.165) is 0 Å². The number of halogens is 2. The smallest absolute Gasteiger partial charge is 0.356 e. The molecule has 3 nitrogen and oxygen atoms in total. The van der Waals surface area contributed by atoms with Crippen LogP contribution in [0.2, 0.25) is 10.2 Å². The van der Waals surface area contributed by atoms with Gasteiger partial charge in [0.2, 0.25) is 0 Å². The lowest BCUT2D eigenvalue weighted by molar-refractivity contribution is 0.0690. The third-order valence-electron chi connectivity index (χ3n) is 1.82. The number of rotatable bonds is 1. The van der Waals surface area contributed by atoms with E-state index in [1.807, 2.05) is 0 Å². The summed E-state index contributed by atoms with van der Waals surface area (Å²) in [6, 6.07) is 0. The van der Waals surface area contributed by atoms with Crippen molar-refractivity contribution in [1.29, 1.82) is 0 Å². The number of carboxylic acid groups (broad SMARTS) is 1. The minimum Gasteiger partial charge on any atom is -0.476 e. The van der Waals surface area contributed by atoms with Crippen molar-refractivity contribution < 1.29 is 9.90 Å². The fraction of sp³-hybridized carbons (Fsp3) is 0.250. The third-order valence-corrected chi connectivity index (χ3v) is 2.65. The molecule has 13 heavy (non-hydrogen) atoms. The minimum atomic E-state index is -1.17. The van der Waals surface area contributed by atoms with Crippen LogP contribution in [0.3, 0.4) is 0 Å². The Labute approximate surface area is 85.3 Å². The molecule has 1 heterocycles. The number of carbonyl (C=O) groups is 1. The van der Waals surface area contributed by atoms with Gasteiger partial charge in [-0.1, -0.05) is 23.2 Å². The normalized spacial score (nSPS) is 10.2. The molecule has 1 aromatic rings. The number of hydrogen-bond donors (Lipinski definition) is 1. The minimum absolute atomic E-state index is 0.148. The second-order valence-corrected chi connectivity index (χ2v) is 3.36. The van der Waals surface area contributed by atoms with Crippen molar-refractivity contribution in [2.75, 3.05) is 0 Å². The zero-order valence-electron chi connectivity index (χ0n) is 7.06. The van der Waals surface area contributed by atoms with E-state index in [-0.39, 0.29) is 15.9 Å². The number of carboxylic acids is 1. The molecule has 0 aliphatic carbocycles. The largest absolute Gasteiger partial charge is 0.476 e. The SMILES string of the molecule is Cc1c(Cl)nc(C(=O)O)c(Cl)c1C. The van der Waals surface area contributed by atoms with E-state index < -0.39 is 5.97 Å². The molecule has 0 amide bonds. The summed E-state index contributed by atoms with van der Waals surface area (Å²) in [5.41, 5.74) is 1.16. The topological polar surface area (TPSA) is 50.2 Å². The lowest BCUT2D eigenvalue weighted by Gasteiger charge is -2.06. The standard InChI is InChI=1S/C8H7Cl2NO2/c1-3-4(2)7(10)11-6(5(3)9)8(12)13/h1-2H3,(H,12,13). The first kappa shape index (κ1) is 10.3. The predicted molar refractivity (Wildman–Crippen MR) is 50.7 cm³/mol. The molecule has 0 saturated carbocycles. The number of nitrogens with zero attached hydrogens (tertiary/aromatic N) is 1. The highest BCUT2D eigenvalue weighted by Gasteiger charge is 2.16. The highest BCUT2D eigenvalue weighted by molar-refractivity contribution is 6.35. The monoisotopic (exact) mass is 219 g/mol. The molecule has 0 spiro atoms. The molecule has 1 aromatic heterocycles.